The zero-order chi connectivity index (χ0) is 26.5. The van der Waals surface area contributed by atoms with Crippen LogP contribution in [0.15, 0.2) is 82.8 Å². The molecule has 0 saturated heterocycles. The highest BCUT2D eigenvalue weighted by atomic mass is 35.5. The predicted molar refractivity (Wildman–Crippen MR) is 160 cm³/mol. The van der Waals surface area contributed by atoms with Crippen molar-refractivity contribution < 1.29 is 9.59 Å². The second kappa shape index (κ2) is 12.3. The molecule has 202 valence electrons. The summed E-state index contributed by atoms with van der Waals surface area (Å²) in [6, 6.07) is 21.4. The van der Waals surface area contributed by atoms with E-state index in [0.717, 1.165) is 49.0 Å². The highest BCUT2D eigenvalue weighted by Crippen LogP contribution is 2.18. The summed E-state index contributed by atoms with van der Waals surface area (Å²) in [6.07, 6.45) is 0. The molecule has 0 unspecified atom stereocenters. The maximum atomic E-state index is 12.4. The summed E-state index contributed by atoms with van der Waals surface area (Å²) in [6.45, 7) is 3.44. The van der Waals surface area contributed by atoms with Crippen molar-refractivity contribution in [3.05, 3.63) is 83.9 Å². The van der Waals surface area contributed by atoms with E-state index in [1.165, 1.54) is 0 Å². The lowest BCUT2D eigenvalue weighted by Crippen LogP contribution is -2.23. The van der Waals surface area contributed by atoms with E-state index in [0.29, 0.717) is 22.7 Å². The standard InChI is InChI=1S/C28H30N8O2.ClH/c1-35-17-15-29-25(35)19-3-7-21(8-4-19)31-27(37)33-23-11-13-24(14-12-23)34-28(38)32-22-9-5-20(6-10-22)26-30-16-18-36(26)2;/h3-14H,15-18H2,1-2H3,(H2,31,33,37)(H2,32,34,38);1H. The Bertz CT molecular complexity index is 1270. The van der Waals surface area contributed by atoms with Gasteiger partial charge in [-0.1, -0.05) is 0 Å². The molecular weight excluding hydrogens is 516 g/mol. The molecule has 10 nitrogen and oxygen atoms in total. The number of rotatable bonds is 6. The largest absolute Gasteiger partial charge is 0.358 e. The highest BCUT2D eigenvalue weighted by molar-refractivity contribution is 6.03. The fourth-order valence-electron chi connectivity index (χ4n) is 4.32. The quantitative estimate of drug-likeness (QED) is 0.356. The molecule has 11 heteroatoms. The van der Waals surface area contributed by atoms with Gasteiger partial charge >= 0.3 is 12.1 Å². The number of anilines is 4. The summed E-state index contributed by atoms with van der Waals surface area (Å²) >= 11 is 0. The molecule has 2 heterocycles. The van der Waals surface area contributed by atoms with Crippen molar-refractivity contribution in [1.82, 2.24) is 9.80 Å². The first-order valence-corrected chi connectivity index (χ1v) is 12.4. The van der Waals surface area contributed by atoms with Crippen molar-refractivity contribution in [2.75, 3.05) is 61.5 Å². The van der Waals surface area contributed by atoms with Crippen molar-refractivity contribution in [1.29, 1.82) is 0 Å². The van der Waals surface area contributed by atoms with Gasteiger partial charge in [0, 0.05) is 61.1 Å². The lowest BCUT2D eigenvalue weighted by Gasteiger charge is -2.14. The maximum Gasteiger partial charge on any atom is 0.323 e. The molecule has 3 aromatic carbocycles. The van der Waals surface area contributed by atoms with Gasteiger partial charge in [0.25, 0.3) is 0 Å². The van der Waals surface area contributed by atoms with E-state index in [-0.39, 0.29) is 24.5 Å². The van der Waals surface area contributed by atoms with Crippen molar-refractivity contribution in [3.8, 4) is 0 Å². The van der Waals surface area contributed by atoms with E-state index in [4.69, 9.17) is 0 Å². The van der Waals surface area contributed by atoms with Crippen LogP contribution in [0.3, 0.4) is 0 Å². The number of carbonyl (C=O) groups is 2. The van der Waals surface area contributed by atoms with Crippen LogP contribution >= 0.6 is 12.4 Å². The first-order valence-electron chi connectivity index (χ1n) is 12.4. The Labute approximate surface area is 233 Å². The van der Waals surface area contributed by atoms with Crippen LogP contribution in [-0.2, 0) is 0 Å². The van der Waals surface area contributed by atoms with Gasteiger partial charge in [0.2, 0.25) is 0 Å². The SMILES string of the molecule is CN1CCN=C1c1ccc(NC(=O)Nc2ccc(NC(=O)Nc3ccc(C4=NCCN4C)cc3)cc2)cc1.Cl. The summed E-state index contributed by atoms with van der Waals surface area (Å²) in [5.41, 5.74) is 4.60. The number of amidine groups is 2. The van der Waals surface area contributed by atoms with Gasteiger partial charge in [-0.15, -0.1) is 12.4 Å². The molecule has 0 atom stereocenters. The summed E-state index contributed by atoms with van der Waals surface area (Å²) in [4.78, 5) is 38.1. The fraction of sp³-hybridized carbons (Fsp3) is 0.214. The Morgan fingerprint density at radius 1 is 0.564 bits per heavy atom. The second-order valence-electron chi connectivity index (χ2n) is 9.14. The van der Waals surface area contributed by atoms with Gasteiger partial charge in [-0.2, -0.15) is 0 Å². The summed E-state index contributed by atoms with van der Waals surface area (Å²) in [5, 5.41) is 11.2. The van der Waals surface area contributed by atoms with Crippen molar-refractivity contribution in [3.63, 3.8) is 0 Å². The van der Waals surface area contributed by atoms with Crippen molar-refractivity contribution >= 4 is 58.9 Å². The molecule has 5 rings (SSSR count). The lowest BCUT2D eigenvalue weighted by atomic mass is 10.2. The molecule has 0 radical (unpaired) electrons. The highest BCUT2D eigenvalue weighted by Gasteiger charge is 2.15. The van der Waals surface area contributed by atoms with Crippen molar-refractivity contribution in [2.45, 2.75) is 0 Å². The van der Waals surface area contributed by atoms with Gasteiger partial charge in [0.05, 0.1) is 13.1 Å². The summed E-state index contributed by atoms with van der Waals surface area (Å²) in [7, 11) is 4.03. The molecule has 0 fully saturated rings. The van der Waals surface area contributed by atoms with Crippen LogP contribution in [0.2, 0.25) is 0 Å². The van der Waals surface area contributed by atoms with Gasteiger partial charge in [0.15, 0.2) is 0 Å². The van der Waals surface area contributed by atoms with Crippen molar-refractivity contribution in [2.24, 2.45) is 9.98 Å². The number of halogens is 1. The van der Waals surface area contributed by atoms with Crippen LogP contribution < -0.4 is 21.3 Å². The molecule has 4 amide bonds. The number of hydrogen-bond acceptors (Lipinski definition) is 6. The van der Waals surface area contributed by atoms with Gasteiger partial charge in [0.1, 0.15) is 11.7 Å². The molecule has 2 aliphatic heterocycles. The third-order valence-electron chi connectivity index (χ3n) is 6.32. The molecule has 2 aliphatic rings. The minimum Gasteiger partial charge on any atom is -0.358 e. The number of urea groups is 2. The third-order valence-corrected chi connectivity index (χ3v) is 6.32. The van der Waals surface area contributed by atoms with E-state index < -0.39 is 0 Å². The Kier molecular flexibility index (Phi) is 8.67. The van der Waals surface area contributed by atoms with Crippen LogP contribution in [0.1, 0.15) is 11.1 Å². The Balaban J connectivity index is 0.00000353. The van der Waals surface area contributed by atoms with Gasteiger partial charge in [-0.05, 0) is 72.8 Å². The number of likely N-dealkylation sites (N-methyl/N-ethyl adjacent to an activating group) is 2. The van der Waals surface area contributed by atoms with E-state index >= 15 is 0 Å². The van der Waals surface area contributed by atoms with Crippen LogP contribution in [0.5, 0.6) is 0 Å². The average molecular weight is 547 g/mol. The molecule has 0 bridgehead atoms. The minimum absolute atomic E-state index is 0. The minimum atomic E-state index is -0.357. The monoisotopic (exact) mass is 546 g/mol. The molecule has 0 saturated carbocycles. The zero-order valence-electron chi connectivity index (χ0n) is 21.8. The normalized spacial score (nSPS) is 14.2. The Morgan fingerprint density at radius 2 is 0.846 bits per heavy atom. The van der Waals surface area contributed by atoms with Gasteiger partial charge in [-0.25, -0.2) is 9.59 Å². The second-order valence-corrected chi connectivity index (χ2v) is 9.14. The number of nitrogens with zero attached hydrogens (tertiary/aromatic N) is 4. The van der Waals surface area contributed by atoms with Gasteiger partial charge in [-0.3, -0.25) is 9.98 Å². The number of nitrogens with one attached hydrogen (secondary N) is 4. The predicted octanol–water partition coefficient (Wildman–Crippen LogP) is 4.78. The molecule has 0 spiro atoms. The molecule has 0 aliphatic carbocycles. The van der Waals surface area contributed by atoms with Crippen LogP contribution in [0.4, 0.5) is 32.3 Å². The molecule has 3 aromatic rings. The number of hydrogen-bond donors (Lipinski definition) is 4. The average Bonchev–Trinajstić information content (AvgIpc) is 3.54. The third kappa shape index (κ3) is 6.85. The fourth-order valence-corrected chi connectivity index (χ4v) is 4.32. The maximum absolute atomic E-state index is 12.4. The first-order chi connectivity index (χ1) is 18.4. The summed E-state index contributed by atoms with van der Waals surface area (Å²) < 4.78 is 0. The molecule has 4 N–H and O–H groups in total. The number of aliphatic imine (C=N–C) groups is 2. The Morgan fingerprint density at radius 3 is 1.10 bits per heavy atom. The zero-order valence-corrected chi connectivity index (χ0v) is 22.6. The lowest BCUT2D eigenvalue weighted by molar-refractivity contribution is 0.261. The molecule has 39 heavy (non-hydrogen) atoms. The van der Waals surface area contributed by atoms with E-state index in [1.54, 1.807) is 24.3 Å². The van der Waals surface area contributed by atoms with Crippen LogP contribution in [0.25, 0.3) is 0 Å². The number of carbonyl (C=O) groups excluding carboxylic acids is 2. The molecular formula is C28H31ClN8O2. The number of amides is 4. The van der Waals surface area contributed by atoms with E-state index in [1.807, 2.05) is 62.6 Å². The first kappa shape index (κ1) is 27.5. The number of benzene rings is 3. The Hall–Kier alpha value is -4.57. The summed E-state index contributed by atoms with van der Waals surface area (Å²) in [5.74, 6) is 1.92. The van der Waals surface area contributed by atoms with E-state index in [9.17, 15) is 9.59 Å². The van der Waals surface area contributed by atoms with E-state index in [2.05, 4.69) is 41.1 Å². The van der Waals surface area contributed by atoms with Crippen LogP contribution in [-0.4, -0.2) is 73.8 Å². The smallest absolute Gasteiger partial charge is 0.323 e. The topological polar surface area (TPSA) is 113 Å². The van der Waals surface area contributed by atoms with Crippen LogP contribution in [0, 0.1) is 0 Å². The molecule has 0 aromatic heterocycles. The van der Waals surface area contributed by atoms with Gasteiger partial charge < -0.3 is 31.1 Å².